The summed E-state index contributed by atoms with van der Waals surface area (Å²) < 4.78 is 0. The fourth-order valence-electron chi connectivity index (χ4n) is 1.26. The molecule has 1 atom stereocenters. The number of hydrogen-bond acceptors (Lipinski definition) is 3. The Kier molecular flexibility index (Phi) is 3.44. The first-order valence-electron chi connectivity index (χ1n) is 4.24. The van der Waals surface area contributed by atoms with Crippen LogP contribution in [0.1, 0.15) is 23.6 Å². The molecule has 0 saturated heterocycles. The van der Waals surface area contributed by atoms with E-state index >= 15 is 0 Å². The van der Waals surface area contributed by atoms with Crippen LogP contribution < -0.4 is 11.5 Å². The topological polar surface area (TPSA) is 75.8 Å². The van der Waals surface area contributed by atoms with Gasteiger partial charge >= 0.3 is 0 Å². The van der Waals surface area contributed by atoms with E-state index in [-0.39, 0.29) is 6.04 Å². The second kappa shape index (κ2) is 4.61. The lowest BCUT2D eigenvalue weighted by atomic mass is 9.99. The van der Waals surface area contributed by atoms with Gasteiger partial charge in [-0.3, -0.25) is 0 Å². The molecule has 3 heteroatoms. The number of nitrogens with zero attached hydrogens (tertiary/aromatic N) is 1. The predicted octanol–water partition coefficient (Wildman–Crippen LogP) is 0.907. The van der Waals surface area contributed by atoms with Gasteiger partial charge in [0.2, 0.25) is 0 Å². The van der Waals surface area contributed by atoms with Crippen LogP contribution in [0.5, 0.6) is 0 Å². The summed E-state index contributed by atoms with van der Waals surface area (Å²) in [6.07, 6.45) is 0.707. The third-order valence-electron chi connectivity index (χ3n) is 1.96. The van der Waals surface area contributed by atoms with E-state index in [4.69, 9.17) is 16.7 Å². The molecule has 1 unspecified atom stereocenters. The highest BCUT2D eigenvalue weighted by atomic mass is 14.7. The Morgan fingerprint density at radius 2 is 2.08 bits per heavy atom. The molecular weight excluding hydrogens is 162 g/mol. The van der Waals surface area contributed by atoms with Crippen LogP contribution in [0.25, 0.3) is 0 Å². The van der Waals surface area contributed by atoms with E-state index in [2.05, 4.69) is 6.07 Å². The minimum absolute atomic E-state index is 0.124. The van der Waals surface area contributed by atoms with Crippen LogP contribution >= 0.6 is 0 Å². The average Bonchev–Trinajstić information content (AvgIpc) is 2.18. The summed E-state index contributed by atoms with van der Waals surface area (Å²) in [6.45, 7) is 0.543. The van der Waals surface area contributed by atoms with Crippen molar-refractivity contribution >= 4 is 0 Å². The van der Waals surface area contributed by atoms with E-state index in [0.29, 0.717) is 18.5 Å². The Morgan fingerprint density at radius 1 is 1.38 bits per heavy atom. The van der Waals surface area contributed by atoms with Crippen molar-refractivity contribution in [1.82, 2.24) is 0 Å². The second-order valence-electron chi connectivity index (χ2n) is 2.88. The zero-order valence-corrected chi connectivity index (χ0v) is 7.40. The molecule has 0 amide bonds. The van der Waals surface area contributed by atoms with E-state index < -0.39 is 0 Å². The van der Waals surface area contributed by atoms with E-state index in [9.17, 15) is 0 Å². The molecule has 3 nitrogen and oxygen atoms in total. The summed E-state index contributed by atoms with van der Waals surface area (Å²) in [5.41, 5.74) is 12.8. The van der Waals surface area contributed by atoms with E-state index in [1.165, 1.54) is 0 Å². The van der Waals surface area contributed by atoms with Gasteiger partial charge in [-0.1, -0.05) is 18.2 Å². The molecule has 0 spiro atoms. The van der Waals surface area contributed by atoms with Crippen LogP contribution in [0.2, 0.25) is 0 Å². The van der Waals surface area contributed by atoms with Crippen LogP contribution in [0, 0.1) is 11.3 Å². The summed E-state index contributed by atoms with van der Waals surface area (Å²) in [4.78, 5) is 0. The molecule has 0 aliphatic heterocycles. The lowest BCUT2D eigenvalue weighted by Gasteiger charge is -2.11. The fourth-order valence-corrected chi connectivity index (χ4v) is 1.26. The Hall–Kier alpha value is -1.37. The van der Waals surface area contributed by atoms with Crippen molar-refractivity contribution in [1.29, 1.82) is 5.26 Å². The molecule has 0 heterocycles. The molecule has 1 rings (SSSR count). The highest BCUT2D eigenvalue weighted by molar-refractivity contribution is 5.39. The summed E-state index contributed by atoms with van der Waals surface area (Å²) in [7, 11) is 0. The molecule has 1 aromatic carbocycles. The van der Waals surface area contributed by atoms with Gasteiger partial charge in [0, 0.05) is 6.04 Å². The van der Waals surface area contributed by atoms with Crippen molar-refractivity contribution in [2.75, 3.05) is 6.54 Å². The number of nitrogens with two attached hydrogens (primary N) is 2. The molecule has 0 bridgehead atoms. The van der Waals surface area contributed by atoms with Crippen LogP contribution in [0.4, 0.5) is 0 Å². The van der Waals surface area contributed by atoms with Gasteiger partial charge in [-0.25, -0.2) is 0 Å². The number of benzene rings is 1. The van der Waals surface area contributed by atoms with Gasteiger partial charge in [-0.05, 0) is 24.6 Å². The maximum absolute atomic E-state index is 8.80. The summed E-state index contributed by atoms with van der Waals surface area (Å²) >= 11 is 0. The fraction of sp³-hybridized carbons (Fsp3) is 0.300. The smallest absolute Gasteiger partial charge is 0.0995 e. The van der Waals surface area contributed by atoms with Gasteiger partial charge in [-0.2, -0.15) is 5.26 Å². The van der Waals surface area contributed by atoms with Crippen molar-refractivity contribution in [2.45, 2.75) is 12.5 Å². The van der Waals surface area contributed by atoms with E-state index in [0.717, 1.165) is 5.56 Å². The van der Waals surface area contributed by atoms with E-state index in [1.807, 2.05) is 18.2 Å². The molecule has 0 radical (unpaired) electrons. The second-order valence-corrected chi connectivity index (χ2v) is 2.88. The molecule has 0 fully saturated rings. The van der Waals surface area contributed by atoms with Gasteiger partial charge in [-0.15, -0.1) is 0 Å². The molecule has 68 valence electrons. The molecule has 0 aromatic heterocycles. The number of rotatable bonds is 3. The van der Waals surface area contributed by atoms with Gasteiger partial charge < -0.3 is 11.5 Å². The molecule has 13 heavy (non-hydrogen) atoms. The van der Waals surface area contributed by atoms with Gasteiger partial charge in [0.15, 0.2) is 0 Å². The van der Waals surface area contributed by atoms with Gasteiger partial charge in [0.05, 0.1) is 11.6 Å². The largest absolute Gasteiger partial charge is 0.330 e. The van der Waals surface area contributed by atoms with Crippen molar-refractivity contribution in [2.24, 2.45) is 11.5 Å². The monoisotopic (exact) mass is 175 g/mol. The maximum atomic E-state index is 8.80. The van der Waals surface area contributed by atoms with Crippen molar-refractivity contribution in [3.05, 3.63) is 35.4 Å². The van der Waals surface area contributed by atoms with Gasteiger partial charge in [0.1, 0.15) is 0 Å². The summed E-state index contributed by atoms with van der Waals surface area (Å²) in [6, 6.07) is 9.35. The lowest BCUT2D eigenvalue weighted by molar-refractivity contribution is 0.660. The quantitative estimate of drug-likeness (QED) is 0.716. The molecule has 1 aromatic rings. The minimum Gasteiger partial charge on any atom is -0.330 e. The highest BCUT2D eigenvalue weighted by Gasteiger charge is 2.08. The minimum atomic E-state index is -0.124. The third kappa shape index (κ3) is 2.28. The van der Waals surface area contributed by atoms with Crippen molar-refractivity contribution < 1.29 is 0 Å². The predicted molar refractivity (Wildman–Crippen MR) is 51.8 cm³/mol. The normalized spacial score (nSPS) is 12.1. The lowest BCUT2D eigenvalue weighted by Crippen LogP contribution is -2.16. The van der Waals surface area contributed by atoms with Crippen LogP contribution in [0.3, 0.4) is 0 Å². The first kappa shape index (κ1) is 9.72. The van der Waals surface area contributed by atoms with E-state index in [1.54, 1.807) is 6.07 Å². The van der Waals surface area contributed by atoms with Gasteiger partial charge in [0.25, 0.3) is 0 Å². The first-order chi connectivity index (χ1) is 6.29. The summed E-state index contributed by atoms with van der Waals surface area (Å²) in [5.74, 6) is 0. The Balaban J connectivity index is 2.93. The zero-order chi connectivity index (χ0) is 9.68. The standard InChI is InChI=1S/C10H13N3/c11-6-5-10(13)9-4-2-1-3-8(9)7-12/h1-4,10H,5-6,11,13H2. The van der Waals surface area contributed by atoms with Crippen LogP contribution in [-0.4, -0.2) is 6.54 Å². The number of hydrogen-bond donors (Lipinski definition) is 2. The van der Waals surface area contributed by atoms with Crippen molar-refractivity contribution in [3.8, 4) is 6.07 Å². The molecule has 0 aliphatic rings. The first-order valence-corrected chi connectivity index (χ1v) is 4.24. The van der Waals surface area contributed by atoms with Crippen molar-refractivity contribution in [3.63, 3.8) is 0 Å². The maximum Gasteiger partial charge on any atom is 0.0995 e. The summed E-state index contributed by atoms with van der Waals surface area (Å²) in [5, 5.41) is 8.80. The Bertz CT molecular complexity index is 314. The van der Waals surface area contributed by atoms with Crippen LogP contribution in [-0.2, 0) is 0 Å². The molecule has 0 saturated carbocycles. The Labute approximate surface area is 78.0 Å². The zero-order valence-electron chi connectivity index (χ0n) is 7.40. The third-order valence-corrected chi connectivity index (χ3v) is 1.96. The number of nitriles is 1. The highest BCUT2D eigenvalue weighted by Crippen LogP contribution is 2.17. The molecular formula is C10H13N3. The average molecular weight is 175 g/mol. The Morgan fingerprint density at radius 3 is 2.69 bits per heavy atom. The molecule has 0 aliphatic carbocycles. The SMILES string of the molecule is N#Cc1ccccc1C(N)CCN. The van der Waals surface area contributed by atoms with Crippen LogP contribution in [0.15, 0.2) is 24.3 Å². The molecule has 4 N–H and O–H groups in total.